The zero-order valence-corrected chi connectivity index (χ0v) is 10.4. The van der Waals surface area contributed by atoms with Crippen LogP contribution in [0.1, 0.15) is 15.2 Å². The number of hydrogen-bond donors (Lipinski definition) is 1. The van der Waals surface area contributed by atoms with Crippen LogP contribution in [0, 0.1) is 0 Å². The van der Waals surface area contributed by atoms with E-state index in [0.717, 1.165) is 0 Å². The van der Waals surface area contributed by atoms with Gasteiger partial charge in [0.25, 0.3) is 0 Å². The van der Waals surface area contributed by atoms with E-state index in [-0.39, 0.29) is 5.78 Å². The van der Waals surface area contributed by atoms with E-state index in [4.69, 9.17) is 28.9 Å². The predicted octanol–water partition coefficient (Wildman–Crippen LogP) is 3.87. The number of carbonyl (C=O) groups is 1. The van der Waals surface area contributed by atoms with Gasteiger partial charge in [-0.2, -0.15) is 0 Å². The van der Waals surface area contributed by atoms with Crippen molar-refractivity contribution in [1.29, 1.82) is 0 Å². The first-order chi connectivity index (χ1) is 7.58. The third-order valence-electron chi connectivity index (χ3n) is 2.06. The van der Waals surface area contributed by atoms with Gasteiger partial charge in [-0.25, -0.2) is 0 Å². The molecule has 0 spiro atoms. The quantitative estimate of drug-likeness (QED) is 0.666. The monoisotopic (exact) mass is 271 g/mol. The molecule has 1 aromatic heterocycles. The van der Waals surface area contributed by atoms with Crippen LogP contribution >= 0.6 is 34.5 Å². The maximum absolute atomic E-state index is 12.0. The smallest absolute Gasteiger partial charge is 0.205 e. The summed E-state index contributed by atoms with van der Waals surface area (Å²) in [7, 11) is 0. The fourth-order valence-corrected chi connectivity index (χ4v) is 2.49. The van der Waals surface area contributed by atoms with Crippen molar-refractivity contribution in [2.24, 2.45) is 0 Å². The van der Waals surface area contributed by atoms with Crippen molar-refractivity contribution in [3.8, 4) is 0 Å². The lowest BCUT2D eigenvalue weighted by molar-refractivity contribution is 0.104. The average Bonchev–Trinajstić information content (AvgIpc) is 2.64. The second kappa shape index (κ2) is 4.45. The van der Waals surface area contributed by atoms with Crippen LogP contribution in [-0.2, 0) is 0 Å². The molecule has 2 aromatic rings. The van der Waals surface area contributed by atoms with Gasteiger partial charge < -0.3 is 5.73 Å². The summed E-state index contributed by atoms with van der Waals surface area (Å²) in [6.07, 6.45) is 0. The van der Waals surface area contributed by atoms with Crippen molar-refractivity contribution in [3.63, 3.8) is 0 Å². The molecule has 0 amide bonds. The molecule has 1 heterocycles. The van der Waals surface area contributed by atoms with E-state index in [1.54, 1.807) is 30.3 Å². The van der Waals surface area contributed by atoms with E-state index >= 15 is 0 Å². The summed E-state index contributed by atoms with van der Waals surface area (Å²) >= 11 is 12.8. The van der Waals surface area contributed by atoms with Gasteiger partial charge in [0.15, 0.2) is 0 Å². The van der Waals surface area contributed by atoms with Gasteiger partial charge >= 0.3 is 0 Å². The Balaban J connectivity index is 2.41. The normalized spacial score (nSPS) is 10.4. The second-order valence-electron chi connectivity index (χ2n) is 3.16. The molecule has 0 aliphatic carbocycles. The van der Waals surface area contributed by atoms with Crippen LogP contribution in [-0.4, -0.2) is 5.78 Å². The van der Waals surface area contributed by atoms with Crippen molar-refractivity contribution in [3.05, 3.63) is 50.1 Å². The number of anilines is 1. The molecule has 2 N–H and O–H groups in total. The number of benzene rings is 1. The van der Waals surface area contributed by atoms with Crippen molar-refractivity contribution >= 4 is 46.0 Å². The summed E-state index contributed by atoms with van der Waals surface area (Å²) in [5.41, 5.74) is 6.56. The Bertz CT molecular complexity index is 551. The molecule has 0 atom stereocenters. The Hall–Kier alpha value is -1.03. The van der Waals surface area contributed by atoms with E-state index < -0.39 is 0 Å². The molecule has 16 heavy (non-hydrogen) atoms. The number of halogens is 2. The number of nitrogen functional groups attached to an aromatic ring is 1. The van der Waals surface area contributed by atoms with E-state index in [1.807, 2.05) is 0 Å². The van der Waals surface area contributed by atoms with Crippen molar-refractivity contribution in [2.45, 2.75) is 0 Å². The molecule has 0 saturated heterocycles. The summed E-state index contributed by atoms with van der Waals surface area (Å²) in [5.74, 6) is -0.133. The Kier molecular flexibility index (Phi) is 3.19. The van der Waals surface area contributed by atoms with Gasteiger partial charge in [-0.15, -0.1) is 11.3 Å². The highest BCUT2D eigenvalue weighted by molar-refractivity contribution is 7.18. The first kappa shape index (κ1) is 11.5. The van der Waals surface area contributed by atoms with Gasteiger partial charge in [-0.05, 0) is 30.3 Å². The van der Waals surface area contributed by atoms with Gasteiger partial charge in [0.05, 0.1) is 9.21 Å². The third-order valence-corrected chi connectivity index (χ3v) is 3.52. The molecule has 2 rings (SSSR count). The summed E-state index contributed by atoms with van der Waals surface area (Å²) in [5, 5.41) is 0.512. The van der Waals surface area contributed by atoms with Crippen molar-refractivity contribution in [1.82, 2.24) is 0 Å². The van der Waals surface area contributed by atoms with Crippen LogP contribution in [0.15, 0.2) is 30.3 Å². The Morgan fingerprint density at radius 2 is 1.94 bits per heavy atom. The Morgan fingerprint density at radius 3 is 2.50 bits per heavy atom. The average molecular weight is 272 g/mol. The fraction of sp³-hybridized carbons (Fsp3) is 0. The van der Waals surface area contributed by atoms with Crippen LogP contribution in [0.4, 0.5) is 5.69 Å². The zero-order chi connectivity index (χ0) is 11.7. The topological polar surface area (TPSA) is 43.1 Å². The maximum Gasteiger partial charge on any atom is 0.205 e. The molecule has 0 fully saturated rings. The summed E-state index contributed by atoms with van der Waals surface area (Å²) in [6, 6.07) is 8.19. The van der Waals surface area contributed by atoms with E-state index in [9.17, 15) is 4.79 Å². The predicted molar refractivity (Wildman–Crippen MR) is 68.6 cm³/mol. The van der Waals surface area contributed by atoms with Gasteiger partial charge in [0, 0.05) is 16.3 Å². The summed E-state index contributed by atoms with van der Waals surface area (Å²) in [4.78, 5) is 12.6. The molecule has 0 unspecified atom stereocenters. The molecule has 0 bridgehead atoms. The van der Waals surface area contributed by atoms with Crippen LogP contribution in [0.25, 0.3) is 0 Å². The van der Waals surface area contributed by atoms with Gasteiger partial charge in [-0.1, -0.05) is 23.2 Å². The lowest BCUT2D eigenvalue weighted by Crippen LogP contribution is -2.03. The number of nitrogens with two attached hydrogens (primary N) is 1. The van der Waals surface area contributed by atoms with Crippen molar-refractivity contribution in [2.75, 3.05) is 5.73 Å². The minimum atomic E-state index is -0.133. The molecular formula is C11H7Cl2NOS. The largest absolute Gasteiger partial charge is 0.398 e. The van der Waals surface area contributed by atoms with Crippen molar-refractivity contribution < 1.29 is 4.79 Å². The van der Waals surface area contributed by atoms with Gasteiger partial charge in [0.2, 0.25) is 5.78 Å². The fourth-order valence-electron chi connectivity index (χ4n) is 1.31. The van der Waals surface area contributed by atoms with Crippen LogP contribution in [0.5, 0.6) is 0 Å². The molecule has 1 aromatic carbocycles. The minimum Gasteiger partial charge on any atom is -0.398 e. The first-order valence-electron chi connectivity index (χ1n) is 4.43. The number of rotatable bonds is 2. The molecule has 5 heteroatoms. The number of thiophene rings is 1. The number of hydrogen-bond acceptors (Lipinski definition) is 3. The lowest BCUT2D eigenvalue weighted by atomic mass is 10.1. The van der Waals surface area contributed by atoms with E-state index in [0.29, 0.717) is 25.5 Å². The molecule has 2 nitrogen and oxygen atoms in total. The maximum atomic E-state index is 12.0. The van der Waals surface area contributed by atoms with E-state index in [1.165, 1.54) is 11.3 Å². The lowest BCUT2D eigenvalue weighted by Gasteiger charge is -2.03. The highest BCUT2D eigenvalue weighted by Crippen LogP contribution is 2.26. The SMILES string of the molecule is Nc1cc(Cl)ccc1C(=O)c1ccc(Cl)s1. The highest BCUT2D eigenvalue weighted by Gasteiger charge is 2.14. The summed E-state index contributed by atoms with van der Waals surface area (Å²) in [6.45, 7) is 0. The van der Waals surface area contributed by atoms with Crippen LogP contribution in [0.3, 0.4) is 0 Å². The van der Waals surface area contributed by atoms with Crippen LogP contribution < -0.4 is 5.73 Å². The molecule has 0 saturated carbocycles. The second-order valence-corrected chi connectivity index (χ2v) is 5.32. The number of ketones is 1. The summed E-state index contributed by atoms with van der Waals surface area (Å²) < 4.78 is 0.580. The molecule has 0 aliphatic heterocycles. The first-order valence-corrected chi connectivity index (χ1v) is 6.00. The standard InChI is InChI=1S/C11H7Cl2NOS/c12-6-1-2-7(8(14)5-6)11(15)9-3-4-10(13)16-9/h1-5H,14H2. The molecule has 0 aliphatic rings. The minimum absolute atomic E-state index is 0.133. The van der Waals surface area contributed by atoms with Crippen LogP contribution in [0.2, 0.25) is 9.36 Å². The molecular weight excluding hydrogens is 265 g/mol. The van der Waals surface area contributed by atoms with Gasteiger partial charge in [-0.3, -0.25) is 4.79 Å². The van der Waals surface area contributed by atoms with E-state index in [2.05, 4.69) is 0 Å². The van der Waals surface area contributed by atoms with Gasteiger partial charge in [0.1, 0.15) is 0 Å². The number of carbonyl (C=O) groups excluding carboxylic acids is 1. The third kappa shape index (κ3) is 2.21. The zero-order valence-electron chi connectivity index (χ0n) is 8.04. The molecule has 82 valence electrons. The Morgan fingerprint density at radius 1 is 1.19 bits per heavy atom. The Labute approximate surface area is 107 Å². The molecule has 0 radical (unpaired) electrons. The highest BCUT2D eigenvalue weighted by atomic mass is 35.5.